The fraction of sp³-hybridized carbons (Fsp3) is 0.600. The number of benzene rings is 1. The number of likely N-dealkylation sites (N-methyl/N-ethyl adjacent to an activating group) is 1. The van der Waals surface area contributed by atoms with E-state index in [1.165, 1.54) is 5.56 Å². The molecule has 1 N–H and O–H groups in total. The summed E-state index contributed by atoms with van der Waals surface area (Å²) < 4.78 is 26.9. The van der Waals surface area contributed by atoms with E-state index in [1.807, 2.05) is 24.3 Å². The van der Waals surface area contributed by atoms with Gasteiger partial charge in [-0.1, -0.05) is 19.1 Å². The molecule has 1 fully saturated rings. The van der Waals surface area contributed by atoms with E-state index >= 15 is 0 Å². The molecular weight excluding hydrogens is 286 g/mol. The fourth-order valence-corrected chi connectivity index (χ4v) is 3.46. The number of hydrogen-bond donors (Lipinski definition) is 1. The molecule has 0 saturated carbocycles. The van der Waals surface area contributed by atoms with Gasteiger partial charge in [-0.25, -0.2) is 8.42 Å². The third kappa shape index (κ3) is 5.30. The number of rotatable bonds is 6. The normalized spacial score (nSPS) is 17.8. The lowest BCUT2D eigenvalue weighted by atomic mass is 10.2. The van der Waals surface area contributed by atoms with Crippen molar-refractivity contribution in [3.8, 4) is 0 Å². The zero-order chi connectivity index (χ0) is 15.3. The summed E-state index contributed by atoms with van der Waals surface area (Å²) >= 11 is 0. The number of sulfonamides is 1. The summed E-state index contributed by atoms with van der Waals surface area (Å²) in [4.78, 5) is 4.47. The van der Waals surface area contributed by atoms with Crippen LogP contribution in [0.25, 0.3) is 0 Å². The minimum Gasteiger partial charge on any atom is -0.304 e. The number of piperazine rings is 1. The molecule has 0 aromatic heterocycles. The second-order valence-corrected chi connectivity index (χ2v) is 7.46. The van der Waals surface area contributed by atoms with Crippen LogP contribution in [-0.4, -0.2) is 63.7 Å². The molecule has 1 aliphatic rings. The van der Waals surface area contributed by atoms with Gasteiger partial charge < -0.3 is 4.90 Å². The molecule has 1 aromatic carbocycles. The fourth-order valence-electron chi connectivity index (χ4n) is 2.36. The minimum absolute atomic E-state index is 0.145. The van der Waals surface area contributed by atoms with E-state index in [-0.39, 0.29) is 5.75 Å². The van der Waals surface area contributed by atoms with E-state index in [1.54, 1.807) is 0 Å². The predicted octanol–water partition coefficient (Wildman–Crippen LogP) is 1.24. The summed E-state index contributed by atoms with van der Waals surface area (Å²) in [7, 11) is -1.18. The van der Waals surface area contributed by atoms with Gasteiger partial charge in [0.15, 0.2) is 0 Å². The van der Waals surface area contributed by atoms with Gasteiger partial charge in [0.05, 0.1) is 5.75 Å². The molecule has 6 heteroatoms. The maximum absolute atomic E-state index is 12.1. The van der Waals surface area contributed by atoms with Crippen molar-refractivity contribution in [2.45, 2.75) is 13.3 Å². The first kappa shape index (κ1) is 16.3. The molecule has 5 nitrogen and oxygen atoms in total. The van der Waals surface area contributed by atoms with Crippen LogP contribution in [0.1, 0.15) is 12.5 Å². The minimum atomic E-state index is -3.27. The molecule has 0 unspecified atom stereocenters. The molecule has 1 aromatic rings. The lowest BCUT2D eigenvalue weighted by molar-refractivity contribution is 0.161. The Bertz CT molecular complexity index is 535. The van der Waals surface area contributed by atoms with Crippen molar-refractivity contribution >= 4 is 15.7 Å². The standard InChI is InChI=1S/C15H25N3O2S/c1-3-14-4-6-15(7-5-14)16-21(19,20)13-12-18-10-8-17(2)9-11-18/h4-7,16H,3,8-13H2,1-2H3. The summed E-state index contributed by atoms with van der Waals surface area (Å²) in [6.07, 6.45) is 0.955. The van der Waals surface area contributed by atoms with Gasteiger partial charge >= 0.3 is 0 Å². The van der Waals surface area contributed by atoms with Gasteiger partial charge in [-0.05, 0) is 31.2 Å². The van der Waals surface area contributed by atoms with Gasteiger partial charge in [0, 0.05) is 38.4 Å². The second kappa shape index (κ2) is 7.24. The van der Waals surface area contributed by atoms with E-state index in [4.69, 9.17) is 0 Å². The Morgan fingerprint density at radius 3 is 2.29 bits per heavy atom. The number of nitrogens with one attached hydrogen (secondary N) is 1. The topological polar surface area (TPSA) is 52.7 Å². The average molecular weight is 311 g/mol. The van der Waals surface area contributed by atoms with E-state index in [0.717, 1.165) is 32.6 Å². The molecule has 1 heterocycles. The lowest BCUT2D eigenvalue weighted by Gasteiger charge is -2.32. The Hall–Kier alpha value is -1.11. The van der Waals surface area contributed by atoms with Crippen LogP contribution in [0.3, 0.4) is 0 Å². The monoisotopic (exact) mass is 311 g/mol. The number of aryl methyl sites for hydroxylation is 1. The molecule has 0 atom stereocenters. The number of nitrogens with zero attached hydrogens (tertiary/aromatic N) is 2. The highest BCUT2D eigenvalue weighted by molar-refractivity contribution is 7.92. The van der Waals surface area contributed by atoms with Crippen LogP contribution >= 0.6 is 0 Å². The van der Waals surface area contributed by atoms with Crippen molar-refractivity contribution < 1.29 is 8.42 Å². The summed E-state index contributed by atoms with van der Waals surface area (Å²) in [5.41, 5.74) is 1.85. The van der Waals surface area contributed by atoms with Crippen LogP contribution < -0.4 is 4.72 Å². The van der Waals surface area contributed by atoms with Gasteiger partial charge in [0.2, 0.25) is 10.0 Å². The maximum Gasteiger partial charge on any atom is 0.233 e. The molecule has 0 aliphatic carbocycles. The molecule has 1 saturated heterocycles. The predicted molar refractivity (Wildman–Crippen MR) is 87.2 cm³/mol. The number of anilines is 1. The van der Waals surface area contributed by atoms with Gasteiger partial charge in [-0.2, -0.15) is 0 Å². The van der Waals surface area contributed by atoms with Crippen LogP contribution in [-0.2, 0) is 16.4 Å². The highest BCUT2D eigenvalue weighted by Gasteiger charge is 2.17. The zero-order valence-corrected chi connectivity index (χ0v) is 13.7. The Morgan fingerprint density at radius 1 is 1.10 bits per heavy atom. The second-order valence-electron chi connectivity index (χ2n) is 5.62. The van der Waals surface area contributed by atoms with Crippen molar-refractivity contribution in [2.24, 2.45) is 0 Å². The van der Waals surface area contributed by atoms with Gasteiger partial charge in [-0.3, -0.25) is 9.62 Å². The highest BCUT2D eigenvalue weighted by Crippen LogP contribution is 2.12. The first-order valence-corrected chi connectivity index (χ1v) is 9.14. The Kier molecular flexibility index (Phi) is 5.61. The van der Waals surface area contributed by atoms with E-state index in [9.17, 15) is 8.42 Å². The summed E-state index contributed by atoms with van der Waals surface area (Å²) in [5.74, 6) is 0.145. The largest absolute Gasteiger partial charge is 0.304 e. The molecule has 0 radical (unpaired) electrons. The third-order valence-electron chi connectivity index (χ3n) is 3.91. The van der Waals surface area contributed by atoms with Gasteiger partial charge in [0.25, 0.3) is 0 Å². The van der Waals surface area contributed by atoms with Crippen molar-refractivity contribution in [1.82, 2.24) is 9.80 Å². The molecule has 21 heavy (non-hydrogen) atoms. The zero-order valence-electron chi connectivity index (χ0n) is 12.9. The smallest absolute Gasteiger partial charge is 0.233 e. The van der Waals surface area contributed by atoms with Crippen molar-refractivity contribution in [1.29, 1.82) is 0 Å². The highest BCUT2D eigenvalue weighted by atomic mass is 32.2. The maximum atomic E-state index is 12.1. The molecule has 0 amide bonds. The van der Waals surface area contributed by atoms with Crippen molar-refractivity contribution in [3.05, 3.63) is 29.8 Å². The van der Waals surface area contributed by atoms with Crippen LogP contribution in [0.4, 0.5) is 5.69 Å². The Balaban J connectivity index is 1.83. The van der Waals surface area contributed by atoms with Crippen molar-refractivity contribution in [2.75, 3.05) is 50.2 Å². The van der Waals surface area contributed by atoms with Crippen LogP contribution in [0.5, 0.6) is 0 Å². The van der Waals surface area contributed by atoms with E-state index < -0.39 is 10.0 Å². The van der Waals surface area contributed by atoms with Gasteiger partial charge in [0.1, 0.15) is 0 Å². The third-order valence-corrected chi connectivity index (χ3v) is 5.17. The SMILES string of the molecule is CCc1ccc(NS(=O)(=O)CCN2CCN(C)CC2)cc1. The van der Waals surface area contributed by atoms with Crippen LogP contribution in [0.2, 0.25) is 0 Å². The molecule has 2 rings (SSSR count). The average Bonchev–Trinajstić information content (AvgIpc) is 2.47. The number of hydrogen-bond acceptors (Lipinski definition) is 4. The molecule has 1 aliphatic heterocycles. The molecule has 0 spiro atoms. The van der Waals surface area contributed by atoms with Crippen molar-refractivity contribution in [3.63, 3.8) is 0 Å². The summed E-state index contributed by atoms with van der Waals surface area (Å²) in [5, 5.41) is 0. The lowest BCUT2D eigenvalue weighted by Crippen LogP contribution is -2.46. The van der Waals surface area contributed by atoms with E-state index in [2.05, 4.69) is 28.5 Å². The first-order chi connectivity index (χ1) is 9.98. The summed E-state index contributed by atoms with van der Waals surface area (Å²) in [6.45, 7) is 6.57. The quantitative estimate of drug-likeness (QED) is 0.859. The molecular formula is C15H25N3O2S. The molecule has 0 bridgehead atoms. The summed E-state index contributed by atoms with van der Waals surface area (Å²) in [6, 6.07) is 7.56. The Labute approximate surface area is 128 Å². The van der Waals surface area contributed by atoms with E-state index in [0.29, 0.717) is 12.2 Å². The van der Waals surface area contributed by atoms with Gasteiger partial charge in [-0.15, -0.1) is 0 Å². The van der Waals surface area contributed by atoms with Crippen LogP contribution in [0.15, 0.2) is 24.3 Å². The first-order valence-electron chi connectivity index (χ1n) is 7.49. The van der Waals surface area contributed by atoms with Crippen LogP contribution in [0, 0.1) is 0 Å². The Morgan fingerprint density at radius 2 is 1.71 bits per heavy atom. The molecule has 118 valence electrons.